The second-order valence-corrected chi connectivity index (χ2v) is 13.6. The van der Waals surface area contributed by atoms with Gasteiger partial charge in [0.1, 0.15) is 42.7 Å². The Balaban J connectivity index is 1.58. The molecule has 4 unspecified atom stereocenters. The number of nitrogen functional groups attached to an aromatic ring is 2. The molecule has 1 saturated heterocycles. The molecule has 6 N–H and O–H groups in total. The second kappa shape index (κ2) is 14.0. The number of fused-ring (bicyclic) bond motifs is 1. The van der Waals surface area contributed by atoms with Crippen LogP contribution in [-0.2, 0) is 40.9 Å². The lowest BCUT2D eigenvalue weighted by Gasteiger charge is -2.23. The Bertz CT molecular complexity index is 1510. The zero-order valence-electron chi connectivity index (χ0n) is 21.5. The van der Waals surface area contributed by atoms with Gasteiger partial charge in [-0.15, -0.1) is 4.94 Å². The molecule has 0 saturated carbocycles. The molecule has 0 amide bonds. The summed E-state index contributed by atoms with van der Waals surface area (Å²) >= 11 is 8.28. The van der Waals surface area contributed by atoms with Crippen LogP contribution < -0.4 is 22.5 Å². The van der Waals surface area contributed by atoms with E-state index in [0.717, 1.165) is 10.9 Å². The maximum Gasteiger partial charge on any atom is 0.300 e. The van der Waals surface area contributed by atoms with Crippen molar-refractivity contribution >= 4 is 67.4 Å². The third-order valence-corrected chi connectivity index (χ3v) is 8.92. The fourth-order valence-corrected chi connectivity index (χ4v) is 5.71. The van der Waals surface area contributed by atoms with Crippen LogP contribution in [0, 0.1) is 0 Å². The number of imidazole rings is 1. The molecule has 17 nitrogen and oxygen atoms in total. The summed E-state index contributed by atoms with van der Waals surface area (Å²) in [6.45, 7) is -6.69. The summed E-state index contributed by atoms with van der Waals surface area (Å²) in [7, 11) is -0.531. The third-order valence-electron chi connectivity index (χ3n) is 5.28. The van der Waals surface area contributed by atoms with Crippen LogP contribution in [0.25, 0.3) is 11.2 Å². The number of aromatic nitrogens is 6. The van der Waals surface area contributed by atoms with Crippen LogP contribution in [-0.4, -0.2) is 74.6 Å². The van der Waals surface area contributed by atoms with E-state index in [2.05, 4.69) is 59.8 Å². The highest BCUT2D eigenvalue weighted by molar-refractivity contribution is 8.45. The number of H-pyrrole nitrogens is 1. The van der Waals surface area contributed by atoms with E-state index >= 15 is 0 Å². The van der Waals surface area contributed by atoms with Crippen molar-refractivity contribution in [1.29, 1.82) is 0 Å². The number of nitrogens with zero attached hydrogens (tertiary/aromatic N) is 6. The lowest BCUT2D eigenvalue weighted by Crippen LogP contribution is -2.30. The van der Waals surface area contributed by atoms with Gasteiger partial charge in [-0.25, -0.2) is 33.6 Å². The molecular formula is C18H25F3N10O7P2S2. The summed E-state index contributed by atoms with van der Waals surface area (Å²) in [5.41, 5.74) is 12.5. The predicted octanol–water partition coefficient (Wildman–Crippen LogP) is 2.63. The van der Waals surface area contributed by atoms with Crippen molar-refractivity contribution in [1.82, 2.24) is 29.5 Å². The Labute approximate surface area is 246 Å². The summed E-state index contributed by atoms with van der Waals surface area (Å²) < 4.78 is 71.4. The van der Waals surface area contributed by atoms with Gasteiger partial charge in [-0.3, -0.25) is 9.78 Å². The van der Waals surface area contributed by atoms with Gasteiger partial charge < -0.3 is 38.9 Å². The molecule has 4 rings (SSSR count). The monoisotopic (exact) mass is 676 g/mol. The highest BCUT2D eigenvalue weighted by Gasteiger charge is 2.36. The Morgan fingerprint density at radius 1 is 1.38 bits per heavy atom. The Morgan fingerprint density at radius 3 is 2.88 bits per heavy atom. The van der Waals surface area contributed by atoms with Crippen LogP contribution in [0.5, 0.6) is 0 Å². The summed E-state index contributed by atoms with van der Waals surface area (Å²) in [5.74, 6) is -4.04. The van der Waals surface area contributed by atoms with E-state index in [1.54, 1.807) is 0 Å². The van der Waals surface area contributed by atoms with Crippen LogP contribution in [0.4, 0.5) is 30.6 Å². The number of nitrogens with one attached hydrogen (secondary N) is 2. The molecule has 1 fully saturated rings. The van der Waals surface area contributed by atoms with Crippen LogP contribution in [0.2, 0.25) is 0 Å². The molecule has 1 aliphatic rings. The van der Waals surface area contributed by atoms with Crippen molar-refractivity contribution < 1.29 is 40.9 Å². The van der Waals surface area contributed by atoms with Crippen LogP contribution >= 0.6 is 38.8 Å². The number of halogens is 3. The molecule has 0 radical (unpaired) electrons. The molecule has 24 heteroatoms. The number of hydrogen-bond acceptors (Lipinski definition) is 16. The van der Waals surface area contributed by atoms with Gasteiger partial charge in [0, 0.05) is 7.11 Å². The van der Waals surface area contributed by atoms with Gasteiger partial charge in [0.25, 0.3) is 11.5 Å². The molecule has 1 aliphatic heterocycles. The van der Waals surface area contributed by atoms with Gasteiger partial charge in [-0.05, 0) is 0 Å². The van der Waals surface area contributed by atoms with E-state index in [4.69, 9.17) is 39.2 Å². The first-order valence-corrected chi connectivity index (χ1v) is 16.6. The molecule has 0 aliphatic carbocycles. The summed E-state index contributed by atoms with van der Waals surface area (Å²) in [6, 6.07) is 0. The minimum Gasteiger partial charge on any atom is -0.391 e. The lowest BCUT2D eigenvalue weighted by atomic mass is 10.3. The van der Waals surface area contributed by atoms with Crippen molar-refractivity contribution in [3.8, 4) is 0 Å². The average molecular weight is 677 g/mol. The van der Waals surface area contributed by atoms with Crippen molar-refractivity contribution in [2.75, 3.05) is 43.9 Å². The summed E-state index contributed by atoms with van der Waals surface area (Å²) in [6.07, 6.45) is -0.213. The molecule has 4 heterocycles. The quantitative estimate of drug-likeness (QED) is 0.0821. The van der Waals surface area contributed by atoms with Crippen LogP contribution in [0.3, 0.4) is 0 Å². The predicted molar refractivity (Wildman–Crippen MR) is 151 cm³/mol. The highest BCUT2D eigenvalue weighted by atomic mass is 32.7. The summed E-state index contributed by atoms with van der Waals surface area (Å²) in [5, 5.41) is 0. The van der Waals surface area contributed by atoms with Gasteiger partial charge >= 0.3 is 6.71 Å². The van der Waals surface area contributed by atoms with Crippen molar-refractivity contribution in [2.45, 2.75) is 31.3 Å². The zero-order chi connectivity index (χ0) is 30.5. The Morgan fingerprint density at radius 2 is 2.17 bits per heavy atom. The topological polar surface area (TPSA) is 221 Å². The van der Waals surface area contributed by atoms with Crippen molar-refractivity contribution in [2.24, 2.45) is 4.91 Å². The number of ether oxygens (including phenoxy) is 1. The van der Waals surface area contributed by atoms with Crippen molar-refractivity contribution in [3.63, 3.8) is 0 Å². The first kappa shape index (κ1) is 32.6. The molecule has 232 valence electrons. The first-order valence-electron chi connectivity index (χ1n) is 11.5. The number of thiol groups is 2. The van der Waals surface area contributed by atoms with E-state index < -0.39 is 57.8 Å². The van der Waals surface area contributed by atoms with Gasteiger partial charge in [-0.2, -0.15) is 4.98 Å². The third kappa shape index (κ3) is 8.43. The molecule has 0 aromatic carbocycles. The zero-order valence-corrected chi connectivity index (χ0v) is 25.0. The Hall–Kier alpha value is -2.26. The van der Waals surface area contributed by atoms with E-state index in [0.29, 0.717) is 0 Å². The number of hydrogen-bond donors (Lipinski definition) is 6. The van der Waals surface area contributed by atoms with Gasteiger partial charge in [-0.1, -0.05) is 29.4 Å². The molecular weight excluding hydrogens is 651 g/mol. The van der Waals surface area contributed by atoms with Crippen molar-refractivity contribution in [3.05, 3.63) is 28.7 Å². The molecule has 3 aromatic rings. The molecule has 0 spiro atoms. The number of anilines is 3. The fraction of sp³-hybridized carbons (Fsp3) is 0.500. The molecule has 3 aromatic heterocycles. The second-order valence-electron chi connectivity index (χ2n) is 8.35. The fourth-order valence-electron chi connectivity index (χ4n) is 3.37. The maximum absolute atomic E-state index is 14.9. The van der Waals surface area contributed by atoms with E-state index in [1.165, 1.54) is 13.3 Å². The first-order chi connectivity index (χ1) is 19.9. The number of aromatic amines is 1. The van der Waals surface area contributed by atoms with Gasteiger partial charge in [0.2, 0.25) is 13.5 Å². The lowest BCUT2D eigenvalue weighted by molar-refractivity contribution is -0.0539. The highest BCUT2D eigenvalue weighted by Crippen LogP contribution is 2.59. The summed E-state index contributed by atoms with van der Waals surface area (Å²) in [4.78, 5) is 38.7. The molecule has 42 heavy (non-hydrogen) atoms. The normalized spacial score (nSPS) is 19.6. The molecule has 4 atom stereocenters. The van der Waals surface area contributed by atoms with Crippen LogP contribution in [0.15, 0.2) is 22.2 Å². The smallest absolute Gasteiger partial charge is 0.300 e. The van der Waals surface area contributed by atoms with E-state index in [1.807, 2.05) is 0 Å². The van der Waals surface area contributed by atoms with Crippen LogP contribution in [0.1, 0.15) is 5.82 Å². The standard InChI is InChI=1S/C18H25F3N10O7P2S2/c1-33-39(41)35-7-18(20,21)6-31-12(26-10-2-24-8-25-15(10)31)5-36-40(42,37-11-4-34-3-9(11)19)30-38-29-14-13(22)16(32)28-17(23)27-14/h2,8-9,11,41-42H,3-7,22H2,1H3,(H4,23,27,28,29,32). The van der Waals surface area contributed by atoms with Gasteiger partial charge in [0.15, 0.2) is 17.6 Å². The van der Waals surface area contributed by atoms with E-state index in [-0.39, 0.29) is 47.7 Å². The number of alkyl halides is 3. The number of nitrogens with two attached hydrogens (primary N) is 2. The minimum atomic E-state index is -3.84. The largest absolute Gasteiger partial charge is 0.391 e. The number of rotatable bonds is 14. The van der Waals surface area contributed by atoms with E-state index in [9.17, 15) is 18.0 Å². The minimum absolute atomic E-state index is 0.0528. The maximum atomic E-state index is 14.9. The SMILES string of the molecule is COP(S)OCC(F)(F)Cn1c(COP(S)(=NONc2nc(N)[nH]c(=O)c2N)OC2COCC2F)nc2cncnc21. The molecule has 0 bridgehead atoms. The average Bonchev–Trinajstić information content (AvgIpc) is 3.50. The van der Waals surface area contributed by atoms with Gasteiger partial charge in [0.05, 0.1) is 26.0 Å². The Kier molecular flexibility index (Phi) is 10.9.